The van der Waals surface area contributed by atoms with Crippen molar-refractivity contribution in [2.45, 2.75) is 45.2 Å². The molecule has 1 atom stereocenters. The smallest absolute Gasteiger partial charge is 0.264 e. The van der Waals surface area contributed by atoms with Crippen molar-refractivity contribution < 1.29 is 18.0 Å². The zero-order valence-electron chi connectivity index (χ0n) is 21.4. The van der Waals surface area contributed by atoms with Gasteiger partial charge in [0, 0.05) is 18.1 Å². The van der Waals surface area contributed by atoms with Crippen molar-refractivity contribution in [3.63, 3.8) is 0 Å². The summed E-state index contributed by atoms with van der Waals surface area (Å²) in [5.74, 6) is -0.823. The first-order valence-electron chi connectivity index (χ1n) is 12.0. The first-order chi connectivity index (χ1) is 17.5. The summed E-state index contributed by atoms with van der Waals surface area (Å²) in [5.41, 5.74) is 2.83. The lowest BCUT2D eigenvalue weighted by Gasteiger charge is -2.32. The van der Waals surface area contributed by atoms with E-state index in [2.05, 4.69) is 5.32 Å². The van der Waals surface area contributed by atoms with Crippen LogP contribution >= 0.6 is 11.6 Å². The molecule has 7 nitrogen and oxygen atoms in total. The molecule has 37 heavy (non-hydrogen) atoms. The Morgan fingerprint density at radius 2 is 1.62 bits per heavy atom. The predicted molar refractivity (Wildman–Crippen MR) is 147 cm³/mol. The maximum Gasteiger partial charge on any atom is 0.264 e. The van der Waals surface area contributed by atoms with Crippen LogP contribution in [0.2, 0.25) is 5.02 Å². The number of nitrogens with one attached hydrogen (secondary N) is 1. The van der Waals surface area contributed by atoms with Crippen LogP contribution in [0, 0.1) is 13.8 Å². The van der Waals surface area contributed by atoms with E-state index in [-0.39, 0.29) is 17.3 Å². The van der Waals surface area contributed by atoms with Crippen molar-refractivity contribution in [1.29, 1.82) is 0 Å². The highest BCUT2D eigenvalue weighted by molar-refractivity contribution is 7.92. The largest absolute Gasteiger partial charge is 0.355 e. The maximum absolute atomic E-state index is 13.8. The van der Waals surface area contributed by atoms with Gasteiger partial charge in [0.25, 0.3) is 10.0 Å². The van der Waals surface area contributed by atoms with Crippen LogP contribution in [0.1, 0.15) is 30.5 Å². The number of hydrogen-bond acceptors (Lipinski definition) is 4. The fourth-order valence-electron chi connectivity index (χ4n) is 3.93. The molecule has 0 aromatic heterocycles. The molecule has 0 saturated heterocycles. The van der Waals surface area contributed by atoms with Crippen molar-refractivity contribution in [3.05, 3.63) is 94.5 Å². The molecule has 0 aliphatic heterocycles. The van der Waals surface area contributed by atoms with E-state index < -0.39 is 28.5 Å². The van der Waals surface area contributed by atoms with Crippen LogP contribution in [0.5, 0.6) is 0 Å². The van der Waals surface area contributed by atoms with Crippen LogP contribution in [-0.4, -0.2) is 44.3 Å². The van der Waals surface area contributed by atoms with Gasteiger partial charge in [-0.1, -0.05) is 59.6 Å². The number of anilines is 1. The van der Waals surface area contributed by atoms with Crippen molar-refractivity contribution in [3.8, 4) is 0 Å². The Bertz CT molecular complexity index is 1350. The fourth-order valence-corrected chi connectivity index (χ4v) is 5.65. The van der Waals surface area contributed by atoms with Crippen LogP contribution in [0.15, 0.2) is 77.7 Å². The minimum Gasteiger partial charge on any atom is -0.355 e. The van der Waals surface area contributed by atoms with E-state index in [1.807, 2.05) is 31.2 Å². The third-order valence-corrected chi connectivity index (χ3v) is 8.04. The number of rotatable bonds is 10. The summed E-state index contributed by atoms with van der Waals surface area (Å²) in [5, 5.41) is 3.21. The number of carbonyl (C=O) groups excluding carboxylic acids is 2. The van der Waals surface area contributed by atoms with Gasteiger partial charge in [-0.2, -0.15) is 0 Å². The average molecular weight is 542 g/mol. The molecular formula is C28H32ClN3O4S. The molecule has 0 fully saturated rings. The number of benzene rings is 3. The van der Waals surface area contributed by atoms with E-state index in [0.29, 0.717) is 22.8 Å². The lowest BCUT2D eigenvalue weighted by atomic mass is 10.1. The van der Waals surface area contributed by atoms with E-state index in [1.165, 1.54) is 17.0 Å². The van der Waals surface area contributed by atoms with Gasteiger partial charge < -0.3 is 10.2 Å². The molecule has 0 spiro atoms. The molecule has 0 aliphatic carbocycles. The third-order valence-electron chi connectivity index (χ3n) is 6.03. The highest BCUT2D eigenvalue weighted by Crippen LogP contribution is 2.29. The molecule has 0 radical (unpaired) electrons. The number of likely N-dealkylation sites (N-methyl/N-ethyl adjacent to an activating group) is 1. The van der Waals surface area contributed by atoms with E-state index in [9.17, 15) is 18.0 Å². The van der Waals surface area contributed by atoms with Gasteiger partial charge in [-0.05, 0) is 69.2 Å². The SMILES string of the molecule is CCNC(=O)C(C)N(Cc1ccc(C)cc1)C(=O)CN(c1ccc(Cl)cc1C)S(=O)(=O)c1ccccc1. The van der Waals surface area contributed by atoms with Crippen LogP contribution in [0.4, 0.5) is 5.69 Å². The lowest BCUT2D eigenvalue weighted by Crippen LogP contribution is -2.51. The molecule has 196 valence electrons. The molecule has 2 amide bonds. The first kappa shape index (κ1) is 28.2. The number of amides is 2. The molecule has 3 aromatic carbocycles. The first-order valence-corrected chi connectivity index (χ1v) is 13.8. The second kappa shape index (κ2) is 12.3. The summed E-state index contributed by atoms with van der Waals surface area (Å²) in [6, 6.07) is 19.6. The highest BCUT2D eigenvalue weighted by atomic mass is 35.5. The Kier molecular flexibility index (Phi) is 9.34. The molecule has 1 N–H and O–H groups in total. The molecule has 1 unspecified atom stereocenters. The van der Waals surface area contributed by atoms with Crippen LogP contribution in [0.25, 0.3) is 0 Å². The summed E-state index contributed by atoms with van der Waals surface area (Å²) in [6.07, 6.45) is 0. The van der Waals surface area contributed by atoms with E-state index in [1.54, 1.807) is 57.2 Å². The van der Waals surface area contributed by atoms with Crippen LogP contribution in [0.3, 0.4) is 0 Å². The normalized spacial score (nSPS) is 12.0. The van der Waals surface area contributed by atoms with Gasteiger partial charge in [0.05, 0.1) is 10.6 Å². The Hall–Kier alpha value is -3.36. The molecule has 9 heteroatoms. The molecule has 3 rings (SSSR count). The minimum absolute atomic E-state index is 0.0546. The van der Waals surface area contributed by atoms with Gasteiger partial charge in [-0.15, -0.1) is 0 Å². The van der Waals surface area contributed by atoms with Gasteiger partial charge in [-0.3, -0.25) is 13.9 Å². The van der Waals surface area contributed by atoms with Gasteiger partial charge in [0.15, 0.2) is 0 Å². The molecule has 0 heterocycles. The molecule has 0 saturated carbocycles. The van der Waals surface area contributed by atoms with Crippen LogP contribution < -0.4 is 9.62 Å². The topological polar surface area (TPSA) is 86.8 Å². The standard InChI is InChI=1S/C28H32ClN3O4S/c1-5-30-28(34)22(4)31(18-23-13-11-20(2)12-14-23)27(33)19-32(26-16-15-24(29)17-21(26)3)37(35,36)25-9-7-6-8-10-25/h6-17,22H,5,18-19H2,1-4H3,(H,30,34). The van der Waals surface area contributed by atoms with Gasteiger partial charge in [-0.25, -0.2) is 8.42 Å². The average Bonchev–Trinajstić information content (AvgIpc) is 2.87. The zero-order chi connectivity index (χ0) is 27.2. The summed E-state index contributed by atoms with van der Waals surface area (Å²) >= 11 is 6.13. The third kappa shape index (κ3) is 6.90. The second-order valence-corrected chi connectivity index (χ2v) is 11.1. The van der Waals surface area contributed by atoms with Crippen molar-refractivity contribution in [2.24, 2.45) is 0 Å². The number of halogens is 1. The van der Waals surface area contributed by atoms with Gasteiger partial charge in [0.1, 0.15) is 12.6 Å². The summed E-state index contributed by atoms with van der Waals surface area (Å²) < 4.78 is 28.6. The van der Waals surface area contributed by atoms with E-state index in [4.69, 9.17) is 11.6 Å². The van der Waals surface area contributed by atoms with Gasteiger partial charge >= 0.3 is 0 Å². The highest BCUT2D eigenvalue weighted by Gasteiger charge is 2.33. The van der Waals surface area contributed by atoms with E-state index in [0.717, 1.165) is 15.4 Å². The number of carbonyl (C=O) groups is 2. The summed E-state index contributed by atoms with van der Waals surface area (Å²) in [4.78, 5) is 28.0. The quantitative estimate of drug-likeness (QED) is 0.403. The second-order valence-electron chi connectivity index (χ2n) is 8.83. The number of hydrogen-bond donors (Lipinski definition) is 1. The molecule has 0 bridgehead atoms. The summed E-state index contributed by atoms with van der Waals surface area (Å²) in [6.45, 7) is 7.21. The zero-order valence-corrected chi connectivity index (χ0v) is 23.0. The maximum atomic E-state index is 13.8. The molecule has 0 aliphatic rings. The Labute approximate surface area is 224 Å². The number of aryl methyl sites for hydroxylation is 2. The molecular weight excluding hydrogens is 510 g/mol. The van der Waals surface area contributed by atoms with Crippen molar-refractivity contribution in [2.75, 3.05) is 17.4 Å². The van der Waals surface area contributed by atoms with Gasteiger partial charge in [0.2, 0.25) is 11.8 Å². The Morgan fingerprint density at radius 3 is 2.22 bits per heavy atom. The summed E-state index contributed by atoms with van der Waals surface area (Å²) in [7, 11) is -4.11. The van der Waals surface area contributed by atoms with Crippen molar-refractivity contribution in [1.82, 2.24) is 10.2 Å². The van der Waals surface area contributed by atoms with Crippen LogP contribution in [-0.2, 0) is 26.2 Å². The minimum atomic E-state index is -4.11. The number of nitrogens with zero attached hydrogens (tertiary/aromatic N) is 2. The fraction of sp³-hybridized carbons (Fsp3) is 0.286. The number of sulfonamides is 1. The monoisotopic (exact) mass is 541 g/mol. The Morgan fingerprint density at radius 1 is 0.973 bits per heavy atom. The Balaban J connectivity index is 2.04. The predicted octanol–water partition coefficient (Wildman–Crippen LogP) is 4.71. The lowest BCUT2D eigenvalue weighted by molar-refractivity contribution is -0.139. The molecule has 3 aromatic rings. The van der Waals surface area contributed by atoms with Crippen molar-refractivity contribution >= 4 is 39.1 Å². The van der Waals surface area contributed by atoms with E-state index >= 15 is 0 Å².